The average molecular weight is 543 g/mol. The van der Waals surface area contributed by atoms with Gasteiger partial charge in [0, 0.05) is 6.54 Å². The quantitative estimate of drug-likeness (QED) is 0.438. The van der Waals surface area contributed by atoms with E-state index in [1.165, 1.54) is 35.0 Å². The number of H-pyrrole nitrogens is 2. The second-order valence-corrected chi connectivity index (χ2v) is 11.5. The van der Waals surface area contributed by atoms with Crippen LogP contribution in [0, 0.1) is 5.92 Å². The molecule has 1 fully saturated rings. The second kappa shape index (κ2) is 10.9. The molecular formula is C31H38N6O3. The van der Waals surface area contributed by atoms with Crippen molar-refractivity contribution >= 4 is 23.1 Å². The Bertz CT molecular complexity index is 1420. The number of aromatic nitrogens is 4. The molecule has 0 radical (unpaired) electrons. The van der Waals surface area contributed by atoms with Crippen molar-refractivity contribution < 1.29 is 14.3 Å². The van der Waals surface area contributed by atoms with Gasteiger partial charge in [-0.05, 0) is 90.7 Å². The van der Waals surface area contributed by atoms with Gasteiger partial charge in [0.25, 0.3) is 0 Å². The molecule has 0 bridgehead atoms. The predicted octanol–water partition coefficient (Wildman–Crippen LogP) is 5.62. The van der Waals surface area contributed by atoms with Gasteiger partial charge in [0.2, 0.25) is 5.91 Å². The molecule has 9 heteroatoms. The van der Waals surface area contributed by atoms with Crippen LogP contribution in [-0.4, -0.2) is 56.5 Å². The first-order valence-electron chi connectivity index (χ1n) is 14.5. The highest BCUT2D eigenvalue weighted by Gasteiger charge is 2.37. The van der Waals surface area contributed by atoms with Crippen LogP contribution in [0.3, 0.4) is 0 Å². The summed E-state index contributed by atoms with van der Waals surface area (Å²) in [5.41, 5.74) is 10.9. The van der Waals surface area contributed by atoms with Crippen LogP contribution in [0.4, 0.5) is 4.79 Å². The lowest BCUT2D eigenvalue weighted by atomic mass is 9.74. The number of methoxy groups -OCH3 is 1. The van der Waals surface area contributed by atoms with E-state index in [9.17, 15) is 9.59 Å². The number of rotatable bonds is 6. The minimum Gasteiger partial charge on any atom is -0.453 e. The summed E-state index contributed by atoms with van der Waals surface area (Å²) in [6, 6.07) is -0.758. The zero-order chi connectivity index (χ0) is 27.8. The number of imidazole rings is 2. The summed E-state index contributed by atoms with van der Waals surface area (Å²) in [6.07, 6.45) is 17.8. The number of nitrogens with zero attached hydrogens (tertiary/aromatic N) is 3. The Hall–Kier alpha value is -3.88. The lowest BCUT2D eigenvalue weighted by molar-refractivity contribution is -0.135. The average Bonchev–Trinajstić information content (AvgIpc) is 3.76. The van der Waals surface area contributed by atoms with Crippen molar-refractivity contribution in [1.82, 2.24) is 30.2 Å². The van der Waals surface area contributed by atoms with Gasteiger partial charge >= 0.3 is 6.09 Å². The molecule has 6 rings (SSSR count). The van der Waals surface area contributed by atoms with Crippen molar-refractivity contribution in [3.8, 4) is 0 Å². The van der Waals surface area contributed by atoms with Crippen molar-refractivity contribution in [2.24, 2.45) is 5.92 Å². The molecule has 2 atom stereocenters. The van der Waals surface area contributed by atoms with E-state index in [1.54, 1.807) is 11.9 Å². The molecule has 2 unspecified atom stereocenters. The smallest absolute Gasteiger partial charge is 0.407 e. The van der Waals surface area contributed by atoms with E-state index in [0.717, 1.165) is 68.6 Å². The number of carbonyl (C=O) groups is 2. The monoisotopic (exact) mass is 542 g/mol. The van der Waals surface area contributed by atoms with Crippen molar-refractivity contribution in [2.75, 3.05) is 13.7 Å². The van der Waals surface area contributed by atoms with Crippen LogP contribution < -0.4 is 5.32 Å². The Morgan fingerprint density at radius 1 is 1.00 bits per heavy atom. The fourth-order valence-electron chi connectivity index (χ4n) is 6.70. The molecule has 0 saturated carbocycles. The van der Waals surface area contributed by atoms with Gasteiger partial charge in [-0.25, -0.2) is 14.8 Å². The summed E-state index contributed by atoms with van der Waals surface area (Å²) in [7, 11) is 1.31. The fourth-order valence-corrected chi connectivity index (χ4v) is 6.70. The number of hydrogen-bond donors (Lipinski definition) is 3. The highest BCUT2D eigenvalue weighted by atomic mass is 16.5. The summed E-state index contributed by atoms with van der Waals surface area (Å²) in [6.45, 7) is 4.51. The highest BCUT2D eigenvalue weighted by molar-refractivity contribution is 5.86. The van der Waals surface area contributed by atoms with E-state index in [-0.39, 0.29) is 17.9 Å². The normalized spacial score (nSPS) is 21.6. The Morgan fingerprint density at radius 2 is 1.70 bits per heavy atom. The van der Waals surface area contributed by atoms with Crippen molar-refractivity contribution in [3.05, 3.63) is 70.4 Å². The number of nitrogens with one attached hydrogen (secondary N) is 3. The third-order valence-electron chi connectivity index (χ3n) is 8.82. The molecule has 40 heavy (non-hydrogen) atoms. The van der Waals surface area contributed by atoms with Gasteiger partial charge in [-0.3, -0.25) is 4.79 Å². The largest absolute Gasteiger partial charge is 0.453 e. The maximum absolute atomic E-state index is 13.5. The van der Waals surface area contributed by atoms with Crippen LogP contribution in [0.15, 0.2) is 53.2 Å². The van der Waals surface area contributed by atoms with Crippen LogP contribution in [-0.2, 0) is 9.53 Å². The third kappa shape index (κ3) is 4.93. The topological polar surface area (TPSA) is 116 Å². The SMILES string of the molecule is COC(=O)NC(C(=O)N1CCCC1c1ncc(C2=CC3=C(CC2)C2=C(C=C(c4cnc[nH]4)CC2)CC3)[nH]1)C(C)C. The number of ether oxygens (including phenoxy) is 1. The number of allylic oxidation sites excluding steroid dienone is 8. The van der Waals surface area contributed by atoms with Gasteiger partial charge in [-0.15, -0.1) is 0 Å². The van der Waals surface area contributed by atoms with E-state index in [4.69, 9.17) is 9.72 Å². The minimum atomic E-state index is -0.635. The van der Waals surface area contributed by atoms with Gasteiger partial charge in [-0.1, -0.05) is 26.0 Å². The molecule has 0 spiro atoms. The van der Waals surface area contributed by atoms with Gasteiger partial charge < -0.3 is 24.9 Å². The molecular weight excluding hydrogens is 504 g/mol. The molecule has 1 aliphatic heterocycles. The number of carbonyl (C=O) groups excluding carboxylic acids is 2. The maximum Gasteiger partial charge on any atom is 0.407 e. The maximum atomic E-state index is 13.5. The van der Waals surface area contributed by atoms with Gasteiger partial charge in [-0.2, -0.15) is 0 Å². The Balaban J connectivity index is 1.20. The van der Waals surface area contributed by atoms with Crippen LogP contribution in [0.2, 0.25) is 0 Å². The zero-order valence-corrected chi connectivity index (χ0v) is 23.5. The fraction of sp³-hybridized carbons (Fsp3) is 0.484. The number of aromatic amines is 2. The summed E-state index contributed by atoms with van der Waals surface area (Å²) < 4.78 is 4.75. The predicted molar refractivity (Wildman–Crippen MR) is 153 cm³/mol. The standard InChI is InChI=1S/C31H38N6O3/c1-18(2)28(36-31(39)40-3)30(38)37-12-4-5-27(37)29-33-16-26(35-29)22-9-11-24-20(14-22)7-6-19-13-21(8-10-23(19)24)25-15-32-17-34-25/h13-18,27-28H,4-12H2,1-3H3,(H,32,34)(H,33,35)(H,36,39). The summed E-state index contributed by atoms with van der Waals surface area (Å²) in [5, 5.41) is 2.72. The lowest BCUT2D eigenvalue weighted by Gasteiger charge is -2.31. The van der Waals surface area contributed by atoms with Gasteiger partial charge in [0.15, 0.2) is 0 Å². The third-order valence-corrected chi connectivity index (χ3v) is 8.82. The van der Waals surface area contributed by atoms with Crippen LogP contribution in [0.1, 0.15) is 88.5 Å². The van der Waals surface area contributed by atoms with Crippen molar-refractivity contribution in [2.45, 2.75) is 77.3 Å². The molecule has 2 aromatic rings. The van der Waals surface area contributed by atoms with Gasteiger partial charge in [0.05, 0.1) is 43.3 Å². The van der Waals surface area contributed by atoms with E-state index >= 15 is 0 Å². The van der Waals surface area contributed by atoms with Crippen LogP contribution in [0.5, 0.6) is 0 Å². The first-order valence-corrected chi connectivity index (χ1v) is 14.5. The molecule has 0 aromatic carbocycles. The zero-order valence-electron chi connectivity index (χ0n) is 23.5. The van der Waals surface area contributed by atoms with Crippen molar-refractivity contribution in [3.63, 3.8) is 0 Å². The Labute approximate surface area is 234 Å². The molecule has 1 saturated heterocycles. The number of alkyl carbamates (subject to hydrolysis) is 1. The van der Waals surface area contributed by atoms with E-state index in [1.807, 2.05) is 31.1 Å². The molecule has 2 amide bonds. The first kappa shape index (κ1) is 26.3. The molecule has 210 valence electrons. The van der Waals surface area contributed by atoms with E-state index in [2.05, 4.69) is 32.4 Å². The van der Waals surface area contributed by atoms with Crippen molar-refractivity contribution in [1.29, 1.82) is 0 Å². The highest BCUT2D eigenvalue weighted by Crippen LogP contribution is 2.45. The van der Waals surface area contributed by atoms with E-state index < -0.39 is 12.1 Å². The number of amides is 2. The van der Waals surface area contributed by atoms with Crippen LogP contribution in [0.25, 0.3) is 11.1 Å². The Kier molecular flexibility index (Phi) is 7.21. The lowest BCUT2D eigenvalue weighted by Crippen LogP contribution is -2.51. The summed E-state index contributed by atoms with van der Waals surface area (Å²) >= 11 is 0. The molecule has 3 N–H and O–H groups in total. The molecule has 3 aliphatic carbocycles. The van der Waals surface area contributed by atoms with Gasteiger partial charge in [0.1, 0.15) is 11.9 Å². The first-order chi connectivity index (χ1) is 19.4. The number of likely N-dealkylation sites (tertiary alicyclic amines) is 1. The Morgan fingerprint density at radius 3 is 2.33 bits per heavy atom. The molecule has 9 nitrogen and oxygen atoms in total. The van der Waals surface area contributed by atoms with E-state index in [0.29, 0.717) is 6.54 Å². The molecule has 4 aliphatic rings. The summed E-state index contributed by atoms with van der Waals surface area (Å²) in [5.74, 6) is 0.674. The summed E-state index contributed by atoms with van der Waals surface area (Å²) in [4.78, 5) is 43.0. The number of hydrogen-bond acceptors (Lipinski definition) is 5. The van der Waals surface area contributed by atoms with Crippen LogP contribution >= 0.6 is 0 Å². The molecule has 3 heterocycles. The minimum absolute atomic E-state index is 0.0577. The number of fused-ring (bicyclic) bond motifs is 1. The second-order valence-electron chi connectivity index (χ2n) is 11.5. The molecule has 2 aromatic heterocycles.